The van der Waals surface area contributed by atoms with Crippen molar-refractivity contribution in [3.05, 3.63) is 18.2 Å². The van der Waals surface area contributed by atoms with Crippen LogP contribution in [0.15, 0.2) is 12.4 Å². The predicted octanol–water partition coefficient (Wildman–Crippen LogP) is 2.19. The minimum Gasteiger partial charge on any atom is -0.334 e. The molecule has 88 valence electrons. The molecule has 1 aromatic heterocycles. The van der Waals surface area contributed by atoms with Crippen molar-refractivity contribution in [3.63, 3.8) is 0 Å². The fourth-order valence-corrected chi connectivity index (χ4v) is 1.63. The highest BCUT2D eigenvalue weighted by atomic mass is 15.1. The topological polar surface area (TPSA) is 29.9 Å². The second kappa shape index (κ2) is 7.95. The zero-order valence-electron chi connectivity index (χ0n) is 10.1. The average Bonchev–Trinajstić information content (AvgIpc) is 2.72. The van der Waals surface area contributed by atoms with Gasteiger partial charge in [-0.25, -0.2) is 4.98 Å². The summed E-state index contributed by atoms with van der Waals surface area (Å²) >= 11 is 0. The summed E-state index contributed by atoms with van der Waals surface area (Å²) in [7, 11) is 0. The van der Waals surface area contributed by atoms with E-state index < -0.39 is 0 Å². The van der Waals surface area contributed by atoms with Gasteiger partial charge in [0.25, 0.3) is 0 Å². The number of hydrogen-bond acceptors (Lipinski definition) is 2. The molecule has 1 N–H and O–H groups in total. The summed E-state index contributed by atoms with van der Waals surface area (Å²) in [6, 6.07) is 0. The highest BCUT2D eigenvalue weighted by molar-refractivity contribution is 4.91. The van der Waals surface area contributed by atoms with Crippen molar-refractivity contribution < 1.29 is 0 Å². The summed E-state index contributed by atoms with van der Waals surface area (Å²) < 4.78 is 2.20. The van der Waals surface area contributed by atoms with Crippen LogP contribution in [0.1, 0.15) is 38.4 Å². The first-order chi connectivity index (χ1) is 7.88. The average molecular weight is 219 g/mol. The molecule has 0 saturated carbocycles. The Morgan fingerprint density at radius 1 is 1.50 bits per heavy atom. The third-order valence-corrected chi connectivity index (χ3v) is 2.47. The molecule has 0 aliphatic heterocycles. The van der Waals surface area contributed by atoms with Gasteiger partial charge in [0.15, 0.2) is 0 Å². The van der Waals surface area contributed by atoms with Gasteiger partial charge < -0.3 is 9.88 Å². The van der Waals surface area contributed by atoms with Crippen molar-refractivity contribution in [2.24, 2.45) is 0 Å². The van der Waals surface area contributed by atoms with Crippen LogP contribution in [0.25, 0.3) is 0 Å². The van der Waals surface area contributed by atoms with Crippen LogP contribution < -0.4 is 5.32 Å². The first kappa shape index (κ1) is 12.8. The zero-order chi connectivity index (χ0) is 11.6. The minimum atomic E-state index is 0.850. The van der Waals surface area contributed by atoms with Gasteiger partial charge in [0, 0.05) is 25.4 Å². The molecule has 0 amide bonds. The largest absolute Gasteiger partial charge is 0.334 e. The Bertz CT molecular complexity index is 322. The lowest BCUT2D eigenvalue weighted by atomic mass is 10.2. The number of unbranched alkanes of at least 4 members (excludes halogenated alkanes) is 2. The molecule has 1 rings (SSSR count). The molecule has 0 unspecified atom stereocenters. The molecule has 0 bridgehead atoms. The van der Waals surface area contributed by atoms with Crippen LogP contribution in [0.4, 0.5) is 0 Å². The van der Waals surface area contributed by atoms with Crippen molar-refractivity contribution in [2.75, 3.05) is 6.54 Å². The van der Waals surface area contributed by atoms with Gasteiger partial charge in [-0.1, -0.05) is 6.92 Å². The van der Waals surface area contributed by atoms with E-state index in [1.54, 1.807) is 0 Å². The third kappa shape index (κ3) is 4.50. The molecule has 0 aromatic carbocycles. The molecule has 0 atom stereocenters. The zero-order valence-corrected chi connectivity index (χ0v) is 10.1. The van der Waals surface area contributed by atoms with Crippen LogP contribution in [0, 0.1) is 12.3 Å². The molecule has 0 aliphatic carbocycles. The van der Waals surface area contributed by atoms with Gasteiger partial charge in [-0.2, -0.15) is 0 Å². The van der Waals surface area contributed by atoms with Gasteiger partial charge in [0.05, 0.1) is 6.54 Å². The van der Waals surface area contributed by atoms with Crippen LogP contribution in [-0.2, 0) is 13.1 Å². The lowest BCUT2D eigenvalue weighted by Gasteiger charge is -2.07. The Balaban J connectivity index is 2.16. The Labute approximate surface area is 98.3 Å². The number of terminal acetylenes is 1. The van der Waals surface area contributed by atoms with Crippen LogP contribution in [0.2, 0.25) is 0 Å². The quantitative estimate of drug-likeness (QED) is 0.536. The Kier molecular flexibility index (Phi) is 6.36. The number of aryl methyl sites for hydroxylation is 1. The Morgan fingerprint density at radius 2 is 2.38 bits per heavy atom. The van der Waals surface area contributed by atoms with E-state index in [1.807, 2.05) is 12.4 Å². The highest BCUT2D eigenvalue weighted by Gasteiger charge is 2.00. The van der Waals surface area contributed by atoms with E-state index in [1.165, 1.54) is 0 Å². The van der Waals surface area contributed by atoms with Crippen LogP contribution in [-0.4, -0.2) is 16.1 Å². The van der Waals surface area contributed by atoms with E-state index >= 15 is 0 Å². The van der Waals surface area contributed by atoms with Crippen molar-refractivity contribution in [1.82, 2.24) is 14.9 Å². The van der Waals surface area contributed by atoms with Crippen molar-refractivity contribution >= 4 is 0 Å². The fourth-order valence-electron chi connectivity index (χ4n) is 1.63. The summed E-state index contributed by atoms with van der Waals surface area (Å²) in [5.74, 6) is 3.78. The molecule has 0 fully saturated rings. The summed E-state index contributed by atoms with van der Waals surface area (Å²) in [5.41, 5.74) is 0. The second-order valence-electron chi connectivity index (χ2n) is 3.87. The van der Waals surface area contributed by atoms with Crippen LogP contribution in [0.3, 0.4) is 0 Å². The van der Waals surface area contributed by atoms with E-state index in [0.717, 1.165) is 51.1 Å². The van der Waals surface area contributed by atoms with Crippen molar-refractivity contribution in [1.29, 1.82) is 0 Å². The van der Waals surface area contributed by atoms with Gasteiger partial charge in [-0.05, 0) is 25.8 Å². The second-order valence-corrected chi connectivity index (χ2v) is 3.87. The maximum Gasteiger partial charge on any atom is 0.122 e. The molecule has 3 heteroatoms. The number of aromatic nitrogens is 2. The molecule has 3 nitrogen and oxygen atoms in total. The van der Waals surface area contributed by atoms with E-state index in [4.69, 9.17) is 6.42 Å². The fraction of sp³-hybridized carbons (Fsp3) is 0.615. The molecule has 1 aromatic rings. The van der Waals surface area contributed by atoms with Gasteiger partial charge in [-0.15, -0.1) is 12.3 Å². The van der Waals surface area contributed by atoms with Gasteiger partial charge in [0.1, 0.15) is 5.82 Å². The standard InChI is InChI=1S/C13H21N3/c1-3-5-6-7-8-14-12-13-15-9-11-16(13)10-4-2/h1,9,11,14H,4-8,10,12H2,2H3. The number of nitrogens with zero attached hydrogens (tertiary/aromatic N) is 2. The van der Waals surface area contributed by atoms with E-state index in [-0.39, 0.29) is 0 Å². The van der Waals surface area contributed by atoms with E-state index in [2.05, 4.69) is 27.7 Å². The molecule has 0 saturated heterocycles. The normalized spacial score (nSPS) is 10.2. The van der Waals surface area contributed by atoms with Crippen LogP contribution >= 0.6 is 0 Å². The van der Waals surface area contributed by atoms with E-state index in [9.17, 15) is 0 Å². The first-order valence-corrected chi connectivity index (χ1v) is 6.02. The smallest absolute Gasteiger partial charge is 0.122 e. The molecule has 0 spiro atoms. The predicted molar refractivity (Wildman–Crippen MR) is 66.9 cm³/mol. The monoisotopic (exact) mass is 219 g/mol. The summed E-state index contributed by atoms with van der Waals surface area (Å²) in [4.78, 5) is 4.34. The Hall–Kier alpha value is -1.27. The summed E-state index contributed by atoms with van der Waals surface area (Å²) in [5, 5.41) is 3.39. The lowest BCUT2D eigenvalue weighted by Crippen LogP contribution is -2.18. The molecular formula is C13H21N3. The van der Waals surface area contributed by atoms with Crippen molar-refractivity contribution in [2.45, 2.75) is 45.7 Å². The molecule has 1 heterocycles. The van der Waals surface area contributed by atoms with Gasteiger partial charge in [-0.3, -0.25) is 0 Å². The Morgan fingerprint density at radius 3 is 3.12 bits per heavy atom. The molecule has 0 radical (unpaired) electrons. The number of imidazole rings is 1. The summed E-state index contributed by atoms with van der Waals surface area (Å²) in [6.07, 6.45) is 13.4. The highest BCUT2D eigenvalue weighted by Crippen LogP contribution is 1.99. The van der Waals surface area contributed by atoms with Crippen molar-refractivity contribution in [3.8, 4) is 12.3 Å². The SMILES string of the molecule is C#CCCCCNCc1nccn1CCC. The maximum absolute atomic E-state index is 5.19. The molecule has 16 heavy (non-hydrogen) atoms. The first-order valence-electron chi connectivity index (χ1n) is 6.02. The van der Waals surface area contributed by atoms with Gasteiger partial charge >= 0.3 is 0 Å². The maximum atomic E-state index is 5.19. The van der Waals surface area contributed by atoms with Gasteiger partial charge in [0.2, 0.25) is 0 Å². The molecular weight excluding hydrogens is 198 g/mol. The number of hydrogen-bond donors (Lipinski definition) is 1. The van der Waals surface area contributed by atoms with E-state index in [0.29, 0.717) is 0 Å². The van der Waals surface area contributed by atoms with Crippen LogP contribution in [0.5, 0.6) is 0 Å². The number of rotatable bonds is 8. The lowest BCUT2D eigenvalue weighted by molar-refractivity contribution is 0.572. The number of nitrogens with one attached hydrogen (secondary N) is 1. The molecule has 0 aliphatic rings. The summed E-state index contributed by atoms with van der Waals surface area (Å²) in [6.45, 7) is 5.09. The third-order valence-electron chi connectivity index (χ3n) is 2.47. The minimum absolute atomic E-state index is 0.850.